The molecule has 2 heterocycles. The Morgan fingerprint density at radius 1 is 1.38 bits per heavy atom. The molecule has 0 radical (unpaired) electrons. The Bertz CT molecular complexity index is 769. The minimum Gasteiger partial charge on any atom is -0.369 e. The number of carbonyl (C=O) groups is 1. The summed E-state index contributed by atoms with van der Waals surface area (Å²) < 4.78 is 13.3. The molecular weight excluding hydrogens is 355 g/mol. The largest absolute Gasteiger partial charge is 0.369 e. The topological polar surface area (TPSA) is 57.3 Å². The maximum absolute atomic E-state index is 13.3. The number of aromatic nitrogens is 1. The molecule has 1 aromatic heterocycles. The van der Waals surface area contributed by atoms with Crippen molar-refractivity contribution in [3.8, 4) is 0 Å². The van der Waals surface area contributed by atoms with Crippen molar-refractivity contribution < 1.29 is 9.18 Å². The van der Waals surface area contributed by atoms with E-state index in [1.54, 1.807) is 24.4 Å². The van der Waals surface area contributed by atoms with Gasteiger partial charge in [-0.25, -0.2) is 9.37 Å². The Morgan fingerprint density at radius 3 is 2.92 bits per heavy atom. The van der Waals surface area contributed by atoms with E-state index in [-0.39, 0.29) is 17.0 Å². The zero-order valence-corrected chi connectivity index (χ0v) is 15.4. The van der Waals surface area contributed by atoms with Crippen LogP contribution < -0.4 is 15.5 Å². The van der Waals surface area contributed by atoms with E-state index in [0.29, 0.717) is 12.1 Å². The fraction of sp³-hybridized carbons (Fsp3) is 0.368. The summed E-state index contributed by atoms with van der Waals surface area (Å²) >= 11 is 5.87. The minimum absolute atomic E-state index is 0.105. The van der Waals surface area contributed by atoms with Crippen LogP contribution in [0.3, 0.4) is 0 Å². The van der Waals surface area contributed by atoms with E-state index in [1.807, 2.05) is 13.0 Å². The third kappa shape index (κ3) is 4.43. The Hall–Kier alpha value is -2.34. The number of benzene rings is 1. The van der Waals surface area contributed by atoms with Gasteiger partial charge < -0.3 is 15.5 Å². The molecule has 1 aliphatic heterocycles. The number of amides is 1. The predicted octanol–water partition coefficient (Wildman–Crippen LogP) is 3.70. The van der Waals surface area contributed by atoms with Crippen molar-refractivity contribution in [3.05, 3.63) is 52.9 Å². The second kappa shape index (κ2) is 8.36. The van der Waals surface area contributed by atoms with Crippen LogP contribution in [-0.4, -0.2) is 36.6 Å². The van der Waals surface area contributed by atoms with Crippen molar-refractivity contribution in [1.29, 1.82) is 0 Å². The molecule has 0 spiro atoms. The molecule has 3 rings (SSSR count). The molecule has 2 aromatic rings. The van der Waals surface area contributed by atoms with Crippen LogP contribution in [0, 0.1) is 5.82 Å². The van der Waals surface area contributed by atoms with Crippen molar-refractivity contribution in [2.75, 3.05) is 29.9 Å². The summed E-state index contributed by atoms with van der Waals surface area (Å²) in [5, 5.41) is 6.35. The SMILES string of the molecule is CCCNC(=O)c1ccc(NC2CCN(c3ccc(F)c(Cl)c3)C2)nc1. The molecule has 2 N–H and O–H groups in total. The molecule has 1 unspecified atom stereocenters. The number of nitrogens with zero attached hydrogens (tertiary/aromatic N) is 2. The molecule has 1 saturated heterocycles. The molecular formula is C19H22ClFN4O. The van der Waals surface area contributed by atoms with Gasteiger partial charge in [-0.1, -0.05) is 18.5 Å². The number of rotatable bonds is 6. The highest BCUT2D eigenvalue weighted by atomic mass is 35.5. The molecule has 1 amide bonds. The number of halogens is 2. The summed E-state index contributed by atoms with van der Waals surface area (Å²) in [6, 6.07) is 8.60. The van der Waals surface area contributed by atoms with Crippen LogP contribution in [0.2, 0.25) is 5.02 Å². The highest BCUT2D eigenvalue weighted by molar-refractivity contribution is 6.31. The third-order valence-corrected chi connectivity index (χ3v) is 4.66. The van der Waals surface area contributed by atoms with Gasteiger partial charge in [0.25, 0.3) is 5.91 Å². The van der Waals surface area contributed by atoms with E-state index < -0.39 is 5.82 Å². The van der Waals surface area contributed by atoms with Gasteiger partial charge in [0.05, 0.1) is 10.6 Å². The highest BCUT2D eigenvalue weighted by Crippen LogP contribution is 2.26. The molecule has 1 fully saturated rings. The van der Waals surface area contributed by atoms with Crippen LogP contribution in [0.1, 0.15) is 30.1 Å². The van der Waals surface area contributed by atoms with E-state index in [4.69, 9.17) is 11.6 Å². The summed E-state index contributed by atoms with van der Waals surface area (Å²) in [5.74, 6) is 0.226. The minimum atomic E-state index is -0.406. The maximum Gasteiger partial charge on any atom is 0.252 e. The lowest BCUT2D eigenvalue weighted by molar-refractivity contribution is 0.0953. The van der Waals surface area contributed by atoms with Crippen molar-refractivity contribution >= 4 is 29.0 Å². The standard InChI is InChI=1S/C19H22ClFN4O/c1-2-8-22-19(26)13-3-6-18(23-11-13)24-14-7-9-25(12-14)15-4-5-17(21)16(20)10-15/h3-6,10-11,14H,2,7-9,12H2,1H3,(H,22,26)(H,23,24). The van der Waals surface area contributed by atoms with Crippen LogP contribution in [0.5, 0.6) is 0 Å². The fourth-order valence-electron chi connectivity index (χ4n) is 2.96. The van der Waals surface area contributed by atoms with Crippen LogP contribution in [0.15, 0.2) is 36.5 Å². The number of hydrogen-bond donors (Lipinski definition) is 2. The summed E-state index contributed by atoms with van der Waals surface area (Å²) in [6.07, 6.45) is 3.42. The van der Waals surface area contributed by atoms with E-state index in [1.165, 1.54) is 6.07 Å². The monoisotopic (exact) mass is 376 g/mol. The van der Waals surface area contributed by atoms with Gasteiger partial charge in [0.1, 0.15) is 11.6 Å². The predicted molar refractivity (Wildman–Crippen MR) is 103 cm³/mol. The molecule has 1 aliphatic rings. The summed E-state index contributed by atoms with van der Waals surface area (Å²) in [7, 11) is 0. The summed E-state index contributed by atoms with van der Waals surface area (Å²) in [6.45, 7) is 4.31. The summed E-state index contributed by atoms with van der Waals surface area (Å²) in [5.41, 5.74) is 1.47. The quantitative estimate of drug-likeness (QED) is 0.807. The van der Waals surface area contributed by atoms with E-state index in [2.05, 4.69) is 20.5 Å². The van der Waals surface area contributed by atoms with Crippen molar-refractivity contribution in [1.82, 2.24) is 10.3 Å². The van der Waals surface area contributed by atoms with Crippen LogP contribution in [0.4, 0.5) is 15.9 Å². The van der Waals surface area contributed by atoms with Crippen molar-refractivity contribution in [3.63, 3.8) is 0 Å². The zero-order valence-electron chi connectivity index (χ0n) is 14.6. The Labute approximate surface area is 157 Å². The first-order chi connectivity index (χ1) is 12.6. The molecule has 0 bridgehead atoms. The molecule has 138 valence electrons. The van der Waals surface area contributed by atoms with Gasteiger partial charge in [-0.3, -0.25) is 4.79 Å². The van der Waals surface area contributed by atoms with Crippen LogP contribution in [-0.2, 0) is 0 Å². The Balaban J connectivity index is 1.56. The lowest BCUT2D eigenvalue weighted by Gasteiger charge is -2.19. The first-order valence-electron chi connectivity index (χ1n) is 8.77. The second-order valence-corrected chi connectivity index (χ2v) is 6.77. The fourth-order valence-corrected chi connectivity index (χ4v) is 3.13. The van der Waals surface area contributed by atoms with Crippen molar-refractivity contribution in [2.24, 2.45) is 0 Å². The van der Waals surface area contributed by atoms with E-state index >= 15 is 0 Å². The van der Waals surface area contributed by atoms with Crippen LogP contribution in [0.25, 0.3) is 0 Å². The van der Waals surface area contributed by atoms with Crippen LogP contribution >= 0.6 is 11.6 Å². The number of anilines is 2. The Morgan fingerprint density at radius 2 is 2.23 bits per heavy atom. The first-order valence-corrected chi connectivity index (χ1v) is 9.15. The van der Waals surface area contributed by atoms with Gasteiger partial charge in [0.2, 0.25) is 0 Å². The van der Waals surface area contributed by atoms with Gasteiger partial charge in [-0.05, 0) is 43.2 Å². The van der Waals surface area contributed by atoms with E-state index in [9.17, 15) is 9.18 Å². The number of hydrogen-bond acceptors (Lipinski definition) is 4. The molecule has 0 aliphatic carbocycles. The van der Waals surface area contributed by atoms with Gasteiger partial charge in [-0.15, -0.1) is 0 Å². The Kier molecular flexibility index (Phi) is 5.93. The van der Waals surface area contributed by atoms with Gasteiger partial charge in [0, 0.05) is 37.6 Å². The number of pyridine rings is 1. The molecule has 7 heteroatoms. The summed E-state index contributed by atoms with van der Waals surface area (Å²) in [4.78, 5) is 18.4. The molecule has 0 saturated carbocycles. The maximum atomic E-state index is 13.3. The lowest BCUT2D eigenvalue weighted by atomic mass is 10.2. The normalized spacial score (nSPS) is 16.6. The molecule has 1 aromatic carbocycles. The second-order valence-electron chi connectivity index (χ2n) is 6.36. The molecule has 1 atom stereocenters. The first kappa shape index (κ1) is 18.5. The third-order valence-electron chi connectivity index (χ3n) is 4.37. The van der Waals surface area contributed by atoms with Gasteiger partial charge in [0.15, 0.2) is 0 Å². The van der Waals surface area contributed by atoms with Crippen molar-refractivity contribution in [2.45, 2.75) is 25.8 Å². The average molecular weight is 377 g/mol. The van der Waals surface area contributed by atoms with Gasteiger partial charge in [-0.2, -0.15) is 0 Å². The smallest absolute Gasteiger partial charge is 0.252 e. The average Bonchev–Trinajstić information content (AvgIpc) is 3.11. The number of nitrogens with one attached hydrogen (secondary N) is 2. The molecule has 5 nitrogen and oxygen atoms in total. The lowest BCUT2D eigenvalue weighted by Crippen LogP contribution is -2.26. The number of carbonyl (C=O) groups excluding carboxylic acids is 1. The van der Waals surface area contributed by atoms with Gasteiger partial charge >= 0.3 is 0 Å². The molecule has 26 heavy (non-hydrogen) atoms. The van der Waals surface area contributed by atoms with E-state index in [0.717, 1.165) is 37.4 Å². The zero-order chi connectivity index (χ0) is 18.5. The highest BCUT2D eigenvalue weighted by Gasteiger charge is 2.23.